The number of rotatable bonds is 5. The molecule has 1 aliphatic heterocycles. The molecule has 5 heteroatoms. The van der Waals surface area contributed by atoms with E-state index in [-0.39, 0.29) is 17.4 Å². The van der Waals surface area contributed by atoms with Crippen molar-refractivity contribution in [3.8, 4) is 5.75 Å². The van der Waals surface area contributed by atoms with Crippen molar-refractivity contribution in [1.82, 2.24) is 0 Å². The lowest BCUT2D eigenvalue weighted by Gasteiger charge is -2.26. The maximum Gasteiger partial charge on any atom is 0.300 e. The van der Waals surface area contributed by atoms with Gasteiger partial charge in [0.2, 0.25) is 0 Å². The van der Waals surface area contributed by atoms with Crippen LogP contribution in [-0.2, 0) is 22.4 Å². The molecule has 0 spiro atoms. The van der Waals surface area contributed by atoms with Crippen molar-refractivity contribution in [3.63, 3.8) is 0 Å². The van der Waals surface area contributed by atoms with E-state index in [4.69, 9.17) is 4.74 Å². The van der Waals surface area contributed by atoms with E-state index in [2.05, 4.69) is 0 Å². The van der Waals surface area contributed by atoms with Gasteiger partial charge in [0, 0.05) is 11.3 Å². The van der Waals surface area contributed by atoms with Crippen LogP contribution in [0.4, 0.5) is 5.69 Å². The average molecular weight is 496 g/mol. The molecular formula is C32H33NO4. The van der Waals surface area contributed by atoms with E-state index in [0.29, 0.717) is 22.6 Å². The molecule has 1 saturated heterocycles. The molecule has 1 fully saturated rings. The van der Waals surface area contributed by atoms with Gasteiger partial charge < -0.3 is 9.84 Å². The van der Waals surface area contributed by atoms with Gasteiger partial charge in [-0.2, -0.15) is 0 Å². The zero-order valence-electron chi connectivity index (χ0n) is 21.9. The SMILES string of the molecule is Cc1cc(C)cc(N2C(=O)C(=O)/C(=C(\O)c3ccc4c(c3)CCCC4)C2c2cccc(OC(C)C)c2)c1. The van der Waals surface area contributed by atoms with Crippen molar-refractivity contribution in [1.29, 1.82) is 0 Å². The number of ether oxygens (including phenoxy) is 1. The Bertz CT molecular complexity index is 1400. The molecule has 1 amide bonds. The van der Waals surface area contributed by atoms with Crippen LogP contribution in [0.2, 0.25) is 0 Å². The first-order valence-corrected chi connectivity index (χ1v) is 13.0. The Hall–Kier alpha value is -3.86. The summed E-state index contributed by atoms with van der Waals surface area (Å²) >= 11 is 0. The zero-order chi connectivity index (χ0) is 26.3. The van der Waals surface area contributed by atoms with Gasteiger partial charge in [-0.1, -0.05) is 30.3 Å². The smallest absolute Gasteiger partial charge is 0.300 e. The van der Waals surface area contributed by atoms with Crippen LogP contribution in [0.5, 0.6) is 5.75 Å². The van der Waals surface area contributed by atoms with Crippen molar-refractivity contribution in [2.24, 2.45) is 0 Å². The fourth-order valence-electron chi connectivity index (χ4n) is 5.57. The number of hydrogen-bond acceptors (Lipinski definition) is 4. The van der Waals surface area contributed by atoms with Crippen LogP contribution in [-0.4, -0.2) is 22.9 Å². The van der Waals surface area contributed by atoms with Crippen LogP contribution in [0.3, 0.4) is 0 Å². The molecule has 3 aromatic rings. The van der Waals surface area contributed by atoms with E-state index < -0.39 is 17.7 Å². The largest absolute Gasteiger partial charge is 0.507 e. The molecule has 190 valence electrons. The van der Waals surface area contributed by atoms with Crippen LogP contribution in [0.25, 0.3) is 5.76 Å². The highest BCUT2D eigenvalue weighted by Gasteiger charge is 2.47. The Morgan fingerprint density at radius 3 is 2.32 bits per heavy atom. The standard InChI is InChI=1S/C32H33NO4/c1-19(2)37-27-11-7-10-24(18-27)29-28(30(34)25-13-12-22-8-5-6-9-23(22)17-25)31(35)32(36)33(29)26-15-20(3)14-21(4)16-26/h7,10-19,29,34H,5-6,8-9H2,1-4H3/b30-28-. The van der Waals surface area contributed by atoms with Gasteiger partial charge in [0.05, 0.1) is 17.7 Å². The molecule has 0 radical (unpaired) electrons. The van der Waals surface area contributed by atoms with Crippen LogP contribution in [0.15, 0.2) is 66.2 Å². The van der Waals surface area contributed by atoms with E-state index in [1.54, 1.807) is 0 Å². The molecule has 0 aromatic heterocycles. The summed E-state index contributed by atoms with van der Waals surface area (Å²) in [4.78, 5) is 28.6. The minimum absolute atomic E-state index is 0.0310. The van der Waals surface area contributed by atoms with E-state index in [1.165, 1.54) is 16.0 Å². The van der Waals surface area contributed by atoms with E-state index >= 15 is 0 Å². The average Bonchev–Trinajstić information content (AvgIpc) is 3.13. The minimum Gasteiger partial charge on any atom is -0.507 e. The first kappa shape index (κ1) is 24.8. The van der Waals surface area contributed by atoms with Gasteiger partial charge in [-0.3, -0.25) is 14.5 Å². The van der Waals surface area contributed by atoms with Crippen LogP contribution in [0.1, 0.15) is 66.1 Å². The molecule has 0 saturated carbocycles. The second kappa shape index (κ2) is 9.89. The number of amides is 1. The third-order valence-electron chi connectivity index (χ3n) is 7.10. The third kappa shape index (κ3) is 4.78. The summed E-state index contributed by atoms with van der Waals surface area (Å²) in [6.45, 7) is 7.83. The number of carbonyl (C=O) groups excluding carboxylic acids is 2. The van der Waals surface area contributed by atoms with Gasteiger partial charge in [0.1, 0.15) is 11.5 Å². The molecule has 0 bridgehead atoms. The third-order valence-corrected chi connectivity index (χ3v) is 7.10. The fourth-order valence-corrected chi connectivity index (χ4v) is 5.57. The van der Waals surface area contributed by atoms with Crippen molar-refractivity contribution in [3.05, 3.63) is 99.6 Å². The van der Waals surface area contributed by atoms with Crippen molar-refractivity contribution in [2.45, 2.75) is 65.5 Å². The molecule has 2 aliphatic rings. The second-order valence-electron chi connectivity index (χ2n) is 10.4. The predicted molar refractivity (Wildman–Crippen MR) is 146 cm³/mol. The first-order chi connectivity index (χ1) is 17.7. The maximum absolute atomic E-state index is 13.6. The normalized spacial score (nSPS) is 18.8. The molecule has 1 N–H and O–H groups in total. The number of aryl methyl sites for hydroxylation is 4. The number of Topliss-reactive ketones (excluding diaryl/α,β-unsaturated/α-hetero) is 1. The van der Waals surface area contributed by atoms with Crippen molar-refractivity contribution < 1.29 is 19.4 Å². The van der Waals surface area contributed by atoms with Gasteiger partial charge in [-0.25, -0.2) is 0 Å². The predicted octanol–water partition coefficient (Wildman–Crippen LogP) is 6.60. The second-order valence-corrected chi connectivity index (χ2v) is 10.4. The lowest BCUT2D eigenvalue weighted by Crippen LogP contribution is -2.29. The maximum atomic E-state index is 13.6. The summed E-state index contributed by atoms with van der Waals surface area (Å²) in [5.74, 6) is -0.828. The summed E-state index contributed by atoms with van der Waals surface area (Å²) in [5, 5.41) is 11.6. The van der Waals surface area contributed by atoms with Gasteiger partial charge in [0.15, 0.2) is 0 Å². The number of aliphatic hydroxyl groups excluding tert-OH is 1. The van der Waals surface area contributed by atoms with Gasteiger partial charge in [-0.05, 0) is 112 Å². The summed E-state index contributed by atoms with van der Waals surface area (Å²) in [6.07, 6.45) is 4.21. The summed E-state index contributed by atoms with van der Waals surface area (Å²) in [7, 11) is 0. The molecule has 1 atom stereocenters. The first-order valence-electron chi connectivity index (χ1n) is 13.0. The lowest BCUT2D eigenvalue weighted by molar-refractivity contribution is -0.132. The number of nitrogens with zero attached hydrogens (tertiary/aromatic N) is 1. The summed E-state index contributed by atoms with van der Waals surface area (Å²) < 4.78 is 5.92. The fraction of sp³-hybridized carbons (Fsp3) is 0.312. The van der Waals surface area contributed by atoms with E-state index in [9.17, 15) is 14.7 Å². The van der Waals surface area contributed by atoms with Gasteiger partial charge in [0.25, 0.3) is 11.7 Å². The van der Waals surface area contributed by atoms with Gasteiger partial charge in [-0.15, -0.1) is 0 Å². The van der Waals surface area contributed by atoms with Crippen LogP contribution >= 0.6 is 0 Å². The lowest BCUT2D eigenvalue weighted by atomic mass is 9.88. The summed E-state index contributed by atoms with van der Waals surface area (Å²) in [6, 6.07) is 18.4. The zero-order valence-corrected chi connectivity index (χ0v) is 21.9. The van der Waals surface area contributed by atoms with E-state index in [0.717, 1.165) is 36.8 Å². The molecular weight excluding hydrogens is 462 g/mol. The highest BCUT2D eigenvalue weighted by molar-refractivity contribution is 6.51. The molecule has 37 heavy (non-hydrogen) atoms. The quantitative estimate of drug-likeness (QED) is 0.246. The highest BCUT2D eigenvalue weighted by Crippen LogP contribution is 2.43. The Balaban J connectivity index is 1.70. The van der Waals surface area contributed by atoms with Crippen molar-refractivity contribution >= 4 is 23.1 Å². The highest BCUT2D eigenvalue weighted by atomic mass is 16.5. The molecule has 5 rings (SSSR count). The Morgan fingerprint density at radius 1 is 0.919 bits per heavy atom. The Morgan fingerprint density at radius 2 is 1.62 bits per heavy atom. The Labute approximate surface area is 218 Å². The molecule has 1 heterocycles. The minimum atomic E-state index is -0.784. The van der Waals surface area contributed by atoms with Crippen LogP contribution in [0, 0.1) is 13.8 Å². The number of aliphatic hydroxyl groups is 1. The monoisotopic (exact) mass is 495 g/mol. The number of benzene rings is 3. The number of anilines is 1. The number of fused-ring (bicyclic) bond motifs is 1. The Kier molecular flexibility index (Phi) is 6.63. The topological polar surface area (TPSA) is 66.8 Å². The summed E-state index contributed by atoms with van der Waals surface area (Å²) in [5.41, 5.74) is 6.46. The molecule has 1 aliphatic carbocycles. The van der Waals surface area contributed by atoms with E-state index in [1.807, 2.05) is 88.4 Å². The molecule has 3 aromatic carbocycles. The number of hydrogen-bond donors (Lipinski definition) is 1. The van der Waals surface area contributed by atoms with Crippen molar-refractivity contribution in [2.75, 3.05) is 4.90 Å². The number of ketones is 1. The molecule has 5 nitrogen and oxygen atoms in total. The molecule has 1 unspecified atom stereocenters. The number of carbonyl (C=O) groups is 2. The van der Waals surface area contributed by atoms with Crippen LogP contribution < -0.4 is 9.64 Å². The van der Waals surface area contributed by atoms with Gasteiger partial charge >= 0.3 is 0 Å².